The second-order valence-corrected chi connectivity index (χ2v) is 4.78. The van der Waals surface area contributed by atoms with Gasteiger partial charge < -0.3 is 5.73 Å². The van der Waals surface area contributed by atoms with Crippen molar-refractivity contribution in [2.24, 2.45) is 0 Å². The fourth-order valence-electron chi connectivity index (χ4n) is 1.74. The number of hydrogen-bond donors (Lipinski definition) is 2. The normalized spacial score (nSPS) is 10.5. The number of amides is 1. The number of rotatable bonds is 2. The van der Waals surface area contributed by atoms with Gasteiger partial charge in [0.15, 0.2) is 0 Å². The molecule has 0 aliphatic heterocycles. The Morgan fingerprint density at radius 3 is 2.84 bits per heavy atom. The summed E-state index contributed by atoms with van der Waals surface area (Å²) in [5.41, 5.74) is 6.78. The highest BCUT2D eigenvalue weighted by Crippen LogP contribution is 2.20. The van der Waals surface area contributed by atoms with Crippen molar-refractivity contribution in [3.8, 4) is 0 Å². The van der Waals surface area contributed by atoms with Crippen LogP contribution < -0.4 is 11.1 Å². The third kappa shape index (κ3) is 2.23. The van der Waals surface area contributed by atoms with Crippen molar-refractivity contribution in [2.75, 3.05) is 11.1 Å². The molecule has 0 unspecified atom stereocenters. The molecule has 0 saturated carbocycles. The van der Waals surface area contributed by atoms with E-state index in [1.54, 1.807) is 12.3 Å². The standard InChI is InChI=1S/C12H9N5OS/c13-11-16-17-12(19-11)15-10(18)8-5-6-14-9-4-2-1-3-7(8)9/h1-6H,(H2,13,16)(H,15,17,18). The predicted octanol–water partition coefficient (Wildman–Crippen LogP) is 1.92. The van der Waals surface area contributed by atoms with E-state index >= 15 is 0 Å². The van der Waals surface area contributed by atoms with Gasteiger partial charge in [-0.3, -0.25) is 15.1 Å². The first-order valence-electron chi connectivity index (χ1n) is 5.48. The SMILES string of the molecule is Nc1nnc(NC(=O)c2ccnc3ccccc23)s1. The molecule has 6 nitrogen and oxygen atoms in total. The highest BCUT2D eigenvalue weighted by atomic mass is 32.1. The van der Waals surface area contributed by atoms with E-state index in [9.17, 15) is 4.79 Å². The number of carbonyl (C=O) groups is 1. The fraction of sp³-hybridized carbons (Fsp3) is 0. The number of nitrogens with one attached hydrogen (secondary N) is 1. The van der Waals surface area contributed by atoms with Crippen LogP contribution >= 0.6 is 11.3 Å². The fourth-order valence-corrected chi connectivity index (χ4v) is 2.25. The van der Waals surface area contributed by atoms with Gasteiger partial charge in [0.25, 0.3) is 5.91 Å². The highest BCUT2D eigenvalue weighted by Gasteiger charge is 2.12. The molecule has 0 spiro atoms. The van der Waals surface area contributed by atoms with Gasteiger partial charge in [0.05, 0.1) is 11.1 Å². The van der Waals surface area contributed by atoms with Gasteiger partial charge in [-0.2, -0.15) is 0 Å². The predicted molar refractivity (Wildman–Crippen MR) is 74.0 cm³/mol. The molecule has 0 aliphatic rings. The first kappa shape index (κ1) is 11.5. The van der Waals surface area contributed by atoms with Crippen LogP contribution in [0.1, 0.15) is 10.4 Å². The van der Waals surface area contributed by atoms with E-state index in [4.69, 9.17) is 5.73 Å². The maximum Gasteiger partial charge on any atom is 0.258 e. The molecule has 3 aromatic rings. The quantitative estimate of drug-likeness (QED) is 0.742. The lowest BCUT2D eigenvalue weighted by atomic mass is 10.1. The molecule has 2 heterocycles. The lowest BCUT2D eigenvalue weighted by molar-refractivity contribution is 0.102. The van der Waals surface area contributed by atoms with Crippen LogP contribution in [0.15, 0.2) is 36.5 Å². The molecule has 0 saturated heterocycles. The molecule has 19 heavy (non-hydrogen) atoms. The Hall–Kier alpha value is -2.54. The molecule has 1 aromatic carbocycles. The molecule has 7 heteroatoms. The van der Waals surface area contributed by atoms with Crippen LogP contribution in [-0.4, -0.2) is 21.1 Å². The van der Waals surface area contributed by atoms with Crippen LogP contribution in [0.2, 0.25) is 0 Å². The van der Waals surface area contributed by atoms with Gasteiger partial charge in [0.2, 0.25) is 10.3 Å². The number of pyridine rings is 1. The molecule has 0 fully saturated rings. The Bertz CT molecular complexity index is 749. The largest absolute Gasteiger partial charge is 0.374 e. The summed E-state index contributed by atoms with van der Waals surface area (Å²) < 4.78 is 0. The third-order valence-corrected chi connectivity index (χ3v) is 3.22. The maximum absolute atomic E-state index is 12.2. The minimum Gasteiger partial charge on any atom is -0.374 e. The van der Waals surface area contributed by atoms with Crippen LogP contribution in [0, 0.1) is 0 Å². The second kappa shape index (κ2) is 4.62. The number of carbonyl (C=O) groups excluding carboxylic acids is 1. The van der Waals surface area contributed by atoms with E-state index in [2.05, 4.69) is 20.5 Å². The van der Waals surface area contributed by atoms with Gasteiger partial charge in [-0.15, -0.1) is 10.2 Å². The minimum absolute atomic E-state index is 0.255. The Morgan fingerprint density at radius 1 is 1.21 bits per heavy atom. The number of benzene rings is 1. The summed E-state index contributed by atoms with van der Waals surface area (Å²) >= 11 is 1.12. The van der Waals surface area contributed by atoms with E-state index in [1.165, 1.54) is 0 Å². The lowest BCUT2D eigenvalue weighted by Gasteiger charge is -2.04. The number of hydrogen-bond acceptors (Lipinski definition) is 6. The van der Waals surface area contributed by atoms with Gasteiger partial charge in [-0.25, -0.2) is 0 Å². The summed E-state index contributed by atoms with van der Waals surface area (Å²) in [5, 5.41) is 11.6. The van der Waals surface area contributed by atoms with Crippen LogP contribution in [0.5, 0.6) is 0 Å². The Morgan fingerprint density at radius 2 is 2.05 bits per heavy atom. The molecule has 1 amide bonds. The Balaban J connectivity index is 1.97. The minimum atomic E-state index is -0.255. The van der Waals surface area contributed by atoms with Crippen LogP contribution in [0.4, 0.5) is 10.3 Å². The summed E-state index contributed by atoms with van der Waals surface area (Å²) in [7, 11) is 0. The summed E-state index contributed by atoms with van der Waals surface area (Å²) in [6.45, 7) is 0. The van der Waals surface area contributed by atoms with E-state index in [0.29, 0.717) is 15.8 Å². The van der Waals surface area contributed by atoms with Crippen molar-refractivity contribution in [2.45, 2.75) is 0 Å². The zero-order chi connectivity index (χ0) is 13.2. The molecule has 94 valence electrons. The molecular weight excluding hydrogens is 262 g/mol. The summed E-state index contributed by atoms with van der Waals surface area (Å²) in [5.74, 6) is -0.255. The third-order valence-electron chi connectivity index (χ3n) is 2.55. The maximum atomic E-state index is 12.2. The summed E-state index contributed by atoms with van der Waals surface area (Å²) in [6.07, 6.45) is 1.60. The van der Waals surface area contributed by atoms with E-state index in [0.717, 1.165) is 22.2 Å². The molecule has 0 bridgehead atoms. The average Bonchev–Trinajstić information content (AvgIpc) is 2.83. The number of nitrogens with two attached hydrogens (primary N) is 1. The second-order valence-electron chi connectivity index (χ2n) is 3.78. The van der Waals surface area contributed by atoms with Gasteiger partial charge in [0, 0.05) is 11.6 Å². The van der Waals surface area contributed by atoms with Crippen LogP contribution in [0.25, 0.3) is 10.9 Å². The monoisotopic (exact) mass is 271 g/mol. The van der Waals surface area contributed by atoms with Gasteiger partial charge in [-0.05, 0) is 12.1 Å². The zero-order valence-corrected chi connectivity index (χ0v) is 10.5. The van der Waals surface area contributed by atoms with Gasteiger partial charge >= 0.3 is 0 Å². The molecule has 0 radical (unpaired) electrons. The topological polar surface area (TPSA) is 93.8 Å². The molecule has 2 aromatic heterocycles. The number of anilines is 2. The number of fused-ring (bicyclic) bond motifs is 1. The van der Waals surface area contributed by atoms with Crippen molar-refractivity contribution in [3.63, 3.8) is 0 Å². The van der Waals surface area contributed by atoms with Crippen molar-refractivity contribution in [1.82, 2.24) is 15.2 Å². The van der Waals surface area contributed by atoms with E-state index in [-0.39, 0.29) is 5.91 Å². The first-order valence-corrected chi connectivity index (χ1v) is 6.30. The number of para-hydroxylation sites is 1. The molecule has 3 N–H and O–H groups in total. The first-order chi connectivity index (χ1) is 9.24. The molecule has 0 atom stereocenters. The van der Waals surface area contributed by atoms with Crippen molar-refractivity contribution >= 4 is 38.4 Å². The Labute approximate surface area is 112 Å². The van der Waals surface area contributed by atoms with Crippen molar-refractivity contribution in [3.05, 3.63) is 42.1 Å². The zero-order valence-electron chi connectivity index (χ0n) is 9.70. The highest BCUT2D eigenvalue weighted by molar-refractivity contribution is 7.19. The van der Waals surface area contributed by atoms with Crippen molar-refractivity contribution in [1.29, 1.82) is 0 Å². The van der Waals surface area contributed by atoms with Gasteiger partial charge in [-0.1, -0.05) is 29.5 Å². The van der Waals surface area contributed by atoms with Crippen molar-refractivity contribution < 1.29 is 4.79 Å². The van der Waals surface area contributed by atoms with E-state index in [1.807, 2.05) is 24.3 Å². The molecule has 0 aliphatic carbocycles. The van der Waals surface area contributed by atoms with Crippen LogP contribution in [-0.2, 0) is 0 Å². The van der Waals surface area contributed by atoms with Crippen LogP contribution in [0.3, 0.4) is 0 Å². The summed E-state index contributed by atoms with van der Waals surface area (Å²) in [4.78, 5) is 16.4. The Kier molecular flexibility index (Phi) is 2.81. The summed E-state index contributed by atoms with van der Waals surface area (Å²) in [6, 6.07) is 9.12. The number of nitrogens with zero attached hydrogens (tertiary/aromatic N) is 3. The van der Waals surface area contributed by atoms with E-state index < -0.39 is 0 Å². The van der Waals surface area contributed by atoms with Gasteiger partial charge in [0.1, 0.15) is 0 Å². The smallest absolute Gasteiger partial charge is 0.258 e. The number of aromatic nitrogens is 3. The number of nitrogen functional groups attached to an aromatic ring is 1. The molecular formula is C12H9N5OS. The lowest BCUT2D eigenvalue weighted by Crippen LogP contribution is -2.12. The molecule has 3 rings (SSSR count). The average molecular weight is 271 g/mol.